The third kappa shape index (κ3) is 4.78. The van der Waals surface area contributed by atoms with Crippen LogP contribution >= 0.6 is 0 Å². The Morgan fingerprint density at radius 3 is 2.83 bits per heavy atom. The summed E-state index contributed by atoms with van der Waals surface area (Å²) >= 11 is 0. The largest absolute Gasteiger partial charge is 0.390 e. The van der Waals surface area contributed by atoms with Crippen LogP contribution in [-0.4, -0.2) is 36.5 Å². The minimum atomic E-state index is -0.612. The molecule has 0 aromatic heterocycles. The van der Waals surface area contributed by atoms with Crippen molar-refractivity contribution in [2.24, 2.45) is 21.6 Å². The predicted molar refractivity (Wildman–Crippen MR) is 48.8 cm³/mol. The maximum absolute atomic E-state index is 9.28. The number of hydrogen-bond donors (Lipinski definition) is 4. The van der Waals surface area contributed by atoms with Crippen molar-refractivity contribution in [1.82, 2.24) is 5.43 Å². The molecule has 2 unspecified atom stereocenters. The van der Waals surface area contributed by atoms with Crippen LogP contribution in [0.25, 0.3) is 0 Å². The second kappa shape index (κ2) is 6.71. The molecule has 6 heteroatoms. The molecule has 0 aromatic carbocycles. The Bertz CT molecular complexity index is 158. The van der Waals surface area contributed by atoms with Gasteiger partial charge in [0, 0.05) is 6.04 Å². The molecule has 6 N–H and O–H groups in total. The Morgan fingerprint density at radius 1 is 1.67 bits per heavy atom. The molecule has 0 saturated heterocycles. The SMILES string of the molecule is CC(NN)C(O)CN=CN=CN. The van der Waals surface area contributed by atoms with E-state index in [9.17, 15) is 5.11 Å². The third-order valence-corrected chi connectivity index (χ3v) is 1.37. The summed E-state index contributed by atoms with van der Waals surface area (Å²) in [5.74, 6) is 5.09. The molecule has 0 fully saturated rings. The lowest BCUT2D eigenvalue weighted by molar-refractivity contribution is 0.143. The van der Waals surface area contributed by atoms with Gasteiger partial charge in [-0.2, -0.15) is 0 Å². The van der Waals surface area contributed by atoms with Crippen LogP contribution in [0.5, 0.6) is 0 Å². The second-order valence-corrected chi connectivity index (χ2v) is 2.30. The Balaban J connectivity index is 3.62. The number of nitrogens with zero attached hydrogens (tertiary/aromatic N) is 2. The molecule has 0 aliphatic rings. The number of hydrogen-bond acceptors (Lipinski definition) is 4. The maximum atomic E-state index is 9.28. The minimum Gasteiger partial charge on any atom is -0.390 e. The molecule has 0 amide bonds. The van der Waals surface area contributed by atoms with Crippen LogP contribution in [0.4, 0.5) is 0 Å². The summed E-state index contributed by atoms with van der Waals surface area (Å²) in [6.07, 6.45) is 1.80. The van der Waals surface area contributed by atoms with Crippen molar-refractivity contribution in [3.05, 3.63) is 0 Å². The smallest absolute Gasteiger partial charge is 0.111 e. The molecule has 2 atom stereocenters. The summed E-state index contributed by atoms with van der Waals surface area (Å²) in [5.41, 5.74) is 7.37. The van der Waals surface area contributed by atoms with Crippen LogP contribution in [0.15, 0.2) is 9.98 Å². The highest BCUT2D eigenvalue weighted by Gasteiger charge is 2.10. The van der Waals surface area contributed by atoms with Gasteiger partial charge in [-0.15, -0.1) is 0 Å². The van der Waals surface area contributed by atoms with Gasteiger partial charge in [-0.1, -0.05) is 0 Å². The van der Waals surface area contributed by atoms with Gasteiger partial charge in [-0.25, -0.2) is 4.99 Å². The van der Waals surface area contributed by atoms with Crippen molar-refractivity contribution < 1.29 is 5.11 Å². The van der Waals surface area contributed by atoms with Gasteiger partial charge in [0.1, 0.15) is 6.34 Å². The number of rotatable bonds is 5. The minimum absolute atomic E-state index is 0.191. The van der Waals surface area contributed by atoms with Gasteiger partial charge >= 0.3 is 0 Å². The van der Waals surface area contributed by atoms with Gasteiger partial charge in [0.2, 0.25) is 0 Å². The molecular formula is C6H15N5O. The van der Waals surface area contributed by atoms with E-state index in [0.29, 0.717) is 0 Å². The molecule has 0 rings (SSSR count). The van der Waals surface area contributed by atoms with Crippen molar-refractivity contribution in [1.29, 1.82) is 0 Å². The quantitative estimate of drug-likeness (QED) is 0.170. The number of nitrogens with one attached hydrogen (secondary N) is 1. The van der Waals surface area contributed by atoms with Crippen molar-refractivity contribution in [3.63, 3.8) is 0 Å². The van der Waals surface area contributed by atoms with Gasteiger partial charge in [0.15, 0.2) is 0 Å². The van der Waals surface area contributed by atoms with Gasteiger partial charge in [0.05, 0.1) is 19.0 Å². The van der Waals surface area contributed by atoms with Crippen LogP contribution in [0.2, 0.25) is 0 Å². The summed E-state index contributed by atoms with van der Waals surface area (Å²) in [6.45, 7) is 2.01. The van der Waals surface area contributed by atoms with Gasteiger partial charge in [-0.3, -0.25) is 16.3 Å². The molecule has 0 spiro atoms. The van der Waals surface area contributed by atoms with E-state index in [1.54, 1.807) is 6.92 Å². The van der Waals surface area contributed by atoms with Crippen molar-refractivity contribution >= 4 is 12.7 Å². The third-order valence-electron chi connectivity index (χ3n) is 1.37. The Labute approximate surface area is 71.3 Å². The maximum Gasteiger partial charge on any atom is 0.111 e. The molecular weight excluding hydrogens is 158 g/mol. The number of aliphatic hydroxyl groups is 1. The zero-order valence-corrected chi connectivity index (χ0v) is 7.01. The zero-order valence-electron chi connectivity index (χ0n) is 7.01. The molecule has 70 valence electrons. The molecule has 12 heavy (non-hydrogen) atoms. The van der Waals surface area contributed by atoms with E-state index in [1.165, 1.54) is 6.34 Å². The Morgan fingerprint density at radius 2 is 2.33 bits per heavy atom. The zero-order chi connectivity index (χ0) is 9.40. The first-order chi connectivity index (χ1) is 5.72. The van der Waals surface area contributed by atoms with E-state index in [4.69, 9.17) is 11.6 Å². The van der Waals surface area contributed by atoms with E-state index >= 15 is 0 Å². The fraction of sp³-hybridized carbons (Fsp3) is 0.667. The summed E-state index contributed by atoms with van der Waals surface area (Å²) in [7, 11) is 0. The Kier molecular flexibility index (Phi) is 6.16. The topological polar surface area (TPSA) is 109 Å². The fourth-order valence-electron chi connectivity index (χ4n) is 0.510. The summed E-state index contributed by atoms with van der Waals surface area (Å²) < 4.78 is 0. The van der Waals surface area contributed by atoms with Crippen molar-refractivity contribution in [2.45, 2.75) is 19.1 Å². The second-order valence-electron chi connectivity index (χ2n) is 2.30. The van der Waals surface area contributed by atoms with Crippen LogP contribution < -0.4 is 17.0 Å². The first kappa shape index (κ1) is 11.0. The average molecular weight is 173 g/mol. The van der Waals surface area contributed by atoms with Gasteiger partial charge in [0.25, 0.3) is 0 Å². The lowest BCUT2D eigenvalue weighted by Gasteiger charge is -2.14. The van der Waals surface area contributed by atoms with Crippen LogP contribution in [0, 0.1) is 0 Å². The predicted octanol–water partition coefficient (Wildman–Crippen LogP) is -1.79. The summed E-state index contributed by atoms with van der Waals surface area (Å²) in [5, 5.41) is 9.28. The van der Waals surface area contributed by atoms with Gasteiger partial charge < -0.3 is 10.8 Å². The van der Waals surface area contributed by atoms with Gasteiger partial charge in [-0.05, 0) is 6.92 Å². The summed E-state index contributed by atoms with van der Waals surface area (Å²) in [6, 6.07) is -0.191. The number of hydrazine groups is 1. The van der Waals surface area contributed by atoms with E-state index in [2.05, 4.69) is 15.4 Å². The molecule has 0 saturated carbocycles. The highest BCUT2D eigenvalue weighted by molar-refractivity contribution is 5.69. The molecule has 6 nitrogen and oxygen atoms in total. The molecule has 0 radical (unpaired) electrons. The van der Waals surface area contributed by atoms with Crippen LogP contribution in [0.3, 0.4) is 0 Å². The standard InChI is InChI=1S/C6H15N5O/c1-5(11-8)6(12)2-9-4-10-3-7/h3-6,11-12H,2,8H2,1H3,(H2,7,9,10). The molecule has 0 bridgehead atoms. The number of nitrogens with two attached hydrogens (primary N) is 2. The van der Waals surface area contributed by atoms with Crippen LogP contribution in [-0.2, 0) is 0 Å². The van der Waals surface area contributed by atoms with E-state index in [1.807, 2.05) is 0 Å². The van der Waals surface area contributed by atoms with E-state index in [0.717, 1.165) is 6.34 Å². The fourth-order valence-corrected chi connectivity index (χ4v) is 0.510. The van der Waals surface area contributed by atoms with Crippen LogP contribution in [0.1, 0.15) is 6.92 Å². The van der Waals surface area contributed by atoms with E-state index in [-0.39, 0.29) is 12.6 Å². The highest BCUT2D eigenvalue weighted by Crippen LogP contribution is 1.90. The molecule has 0 aromatic rings. The monoisotopic (exact) mass is 173 g/mol. The molecule has 0 aliphatic heterocycles. The lowest BCUT2D eigenvalue weighted by Crippen LogP contribution is -2.42. The Hall–Kier alpha value is -0.980. The van der Waals surface area contributed by atoms with Crippen molar-refractivity contribution in [3.8, 4) is 0 Å². The molecule has 0 aliphatic carbocycles. The first-order valence-corrected chi connectivity index (χ1v) is 3.58. The average Bonchev–Trinajstić information content (AvgIpc) is 2.10. The lowest BCUT2D eigenvalue weighted by atomic mass is 10.2. The highest BCUT2D eigenvalue weighted by atomic mass is 16.3. The van der Waals surface area contributed by atoms with E-state index < -0.39 is 6.10 Å². The van der Waals surface area contributed by atoms with Crippen molar-refractivity contribution in [2.75, 3.05) is 6.54 Å². The number of aliphatic hydroxyl groups excluding tert-OH is 1. The normalized spacial score (nSPS) is 17.2. The first-order valence-electron chi connectivity index (χ1n) is 3.58. The number of aliphatic imine (C=N–C) groups is 2. The molecule has 0 heterocycles. The summed E-state index contributed by atoms with van der Waals surface area (Å²) in [4.78, 5) is 7.31.